The van der Waals surface area contributed by atoms with Crippen LogP contribution in [0.25, 0.3) is 0 Å². The van der Waals surface area contributed by atoms with E-state index >= 15 is 0 Å². The Morgan fingerprint density at radius 3 is 2.82 bits per heavy atom. The standard InChI is InChI=1S/C6H4Br2O2S/c7-5-1-4(2-10-3-9)11-6(5)8/h1,3H,2H2. The van der Waals surface area contributed by atoms with Crippen molar-refractivity contribution in [2.45, 2.75) is 6.61 Å². The maximum Gasteiger partial charge on any atom is 0.293 e. The highest BCUT2D eigenvalue weighted by Crippen LogP contribution is 2.32. The molecule has 1 aromatic rings. The van der Waals surface area contributed by atoms with Crippen LogP contribution < -0.4 is 0 Å². The van der Waals surface area contributed by atoms with E-state index in [1.165, 1.54) is 0 Å². The summed E-state index contributed by atoms with van der Waals surface area (Å²) in [6.45, 7) is 0.792. The number of ether oxygens (including phenoxy) is 1. The normalized spacial score (nSPS) is 9.64. The summed E-state index contributed by atoms with van der Waals surface area (Å²) in [6.07, 6.45) is 0. The molecule has 1 aromatic heterocycles. The lowest BCUT2D eigenvalue weighted by Gasteiger charge is -1.90. The molecule has 0 aliphatic heterocycles. The molecule has 0 fully saturated rings. The molecular formula is C6H4Br2O2S. The lowest BCUT2D eigenvalue weighted by molar-refractivity contribution is -0.129. The van der Waals surface area contributed by atoms with Gasteiger partial charge in [0, 0.05) is 9.35 Å². The summed E-state index contributed by atoms with van der Waals surface area (Å²) >= 11 is 8.20. The number of hydrogen-bond donors (Lipinski definition) is 0. The first-order valence-electron chi connectivity index (χ1n) is 2.73. The first-order valence-corrected chi connectivity index (χ1v) is 5.13. The summed E-state index contributed by atoms with van der Waals surface area (Å²) in [5.74, 6) is 0. The van der Waals surface area contributed by atoms with Crippen molar-refractivity contribution in [3.63, 3.8) is 0 Å². The first kappa shape index (κ1) is 9.22. The van der Waals surface area contributed by atoms with Crippen LogP contribution in [0.3, 0.4) is 0 Å². The molecule has 0 aromatic carbocycles. The summed E-state index contributed by atoms with van der Waals surface area (Å²) in [7, 11) is 0. The minimum Gasteiger partial charge on any atom is -0.462 e. The van der Waals surface area contributed by atoms with Crippen LogP contribution in [-0.4, -0.2) is 6.47 Å². The predicted octanol–water partition coefficient (Wildman–Crippen LogP) is 2.95. The van der Waals surface area contributed by atoms with Gasteiger partial charge in [-0.05, 0) is 37.9 Å². The molecule has 0 saturated heterocycles. The maximum absolute atomic E-state index is 9.83. The lowest BCUT2D eigenvalue weighted by atomic mass is 10.5. The zero-order chi connectivity index (χ0) is 8.27. The third kappa shape index (κ3) is 2.57. The van der Waals surface area contributed by atoms with Crippen LogP contribution in [0.5, 0.6) is 0 Å². The fourth-order valence-corrected chi connectivity index (χ4v) is 2.68. The highest BCUT2D eigenvalue weighted by molar-refractivity contribution is 9.13. The summed E-state index contributed by atoms with van der Waals surface area (Å²) in [4.78, 5) is 10.8. The third-order valence-electron chi connectivity index (χ3n) is 0.990. The van der Waals surface area contributed by atoms with Gasteiger partial charge in [0.15, 0.2) is 0 Å². The Morgan fingerprint density at radius 1 is 1.64 bits per heavy atom. The van der Waals surface area contributed by atoms with E-state index in [0.29, 0.717) is 13.1 Å². The van der Waals surface area contributed by atoms with Crippen molar-refractivity contribution in [3.05, 3.63) is 19.2 Å². The molecule has 0 unspecified atom stereocenters. The Balaban J connectivity index is 2.64. The fraction of sp³-hybridized carbons (Fsp3) is 0.167. The molecular weight excluding hydrogens is 296 g/mol. The van der Waals surface area contributed by atoms with Crippen LogP contribution >= 0.6 is 43.2 Å². The zero-order valence-electron chi connectivity index (χ0n) is 5.34. The second kappa shape index (κ2) is 4.23. The largest absolute Gasteiger partial charge is 0.462 e. The fourth-order valence-electron chi connectivity index (χ4n) is 0.579. The van der Waals surface area contributed by atoms with Crippen molar-refractivity contribution in [1.82, 2.24) is 0 Å². The van der Waals surface area contributed by atoms with Gasteiger partial charge in [0.25, 0.3) is 6.47 Å². The van der Waals surface area contributed by atoms with Crippen molar-refractivity contribution in [2.24, 2.45) is 0 Å². The molecule has 0 N–H and O–H groups in total. The van der Waals surface area contributed by atoms with Crippen LogP contribution in [-0.2, 0) is 16.1 Å². The second-order valence-corrected chi connectivity index (χ2v) is 5.05. The second-order valence-electron chi connectivity index (χ2n) is 1.74. The van der Waals surface area contributed by atoms with Gasteiger partial charge in [-0.2, -0.15) is 0 Å². The van der Waals surface area contributed by atoms with Crippen LogP contribution in [0.1, 0.15) is 4.88 Å². The molecule has 0 spiro atoms. The number of carbonyl (C=O) groups excluding carboxylic acids is 1. The molecule has 2 nitrogen and oxygen atoms in total. The molecule has 60 valence electrons. The third-order valence-corrected chi connectivity index (χ3v) is 4.22. The van der Waals surface area contributed by atoms with Crippen LogP contribution in [0.2, 0.25) is 0 Å². The summed E-state index contributed by atoms with van der Waals surface area (Å²) < 4.78 is 6.58. The van der Waals surface area contributed by atoms with E-state index in [1.54, 1.807) is 11.3 Å². The van der Waals surface area contributed by atoms with Gasteiger partial charge in [0.1, 0.15) is 6.61 Å². The van der Waals surface area contributed by atoms with E-state index in [0.717, 1.165) is 13.1 Å². The zero-order valence-corrected chi connectivity index (χ0v) is 9.33. The predicted molar refractivity (Wildman–Crippen MR) is 50.6 cm³/mol. The molecule has 0 aliphatic carbocycles. The number of halogens is 2. The van der Waals surface area contributed by atoms with E-state index in [9.17, 15) is 4.79 Å². The SMILES string of the molecule is O=COCc1cc(Br)c(Br)s1. The molecule has 5 heteroatoms. The van der Waals surface area contributed by atoms with Gasteiger partial charge in [0.05, 0.1) is 3.79 Å². The quantitative estimate of drug-likeness (QED) is 0.802. The van der Waals surface area contributed by atoms with Gasteiger partial charge in [-0.1, -0.05) is 0 Å². The first-order chi connectivity index (χ1) is 5.24. The van der Waals surface area contributed by atoms with Crippen molar-refractivity contribution < 1.29 is 9.53 Å². The number of thiophene rings is 1. The monoisotopic (exact) mass is 298 g/mol. The highest BCUT2D eigenvalue weighted by atomic mass is 79.9. The van der Waals surface area contributed by atoms with Gasteiger partial charge >= 0.3 is 0 Å². The highest BCUT2D eigenvalue weighted by Gasteiger charge is 2.03. The van der Waals surface area contributed by atoms with Gasteiger partial charge in [-0.3, -0.25) is 4.79 Å². The topological polar surface area (TPSA) is 26.3 Å². The molecule has 0 amide bonds. The Bertz CT molecular complexity index is 240. The van der Waals surface area contributed by atoms with Crippen LogP contribution in [0, 0.1) is 0 Å². The molecule has 0 aliphatic rings. The van der Waals surface area contributed by atoms with Gasteiger partial charge in [-0.25, -0.2) is 0 Å². The molecule has 0 radical (unpaired) electrons. The Morgan fingerprint density at radius 2 is 2.36 bits per heavy atom. The minimum atomic E-state index is 0.346. The molecule has 0 saturated carbocycles. The van der Waals surface area contributed by atoms with Crippen molar-refractivity contribution >= 4 is 49.7 Å². The van der Waals surface area contributed by atoms with Crippen molar-refractivity contribution in [1.29, 1.82) is 0 Å². The summed E-state index contributed by atoms with van der Waals surface area (Å²) in [6, 6.07) is 1.91. The van der Waals surface area contributed by atoms with Gasteiger partial charge in [0.2, 0.25) is 0 Å². The Labute approximate surface area is 84.8 Å². The Hall–Kier alpha value is 0.130. The van der Waals surface area contributed by atoms with Crippen molar-refractivity contribution in [2.75, 3.05) is 0 Å². The number of rotatable bonds is 3. The maximum atomic E-state index is 9.83. The number of carbonyl (C=O) groups is 1. The Kier molecular flexibility index (Phi) is 3.54. The average Bonchev–Trinajstić information content (AvgIpc) is 2.28. The molecule has 0 bridgehead atoms. The van der Waals surface area contributed by atoms with Crippen molar-refractivity contribution in [3.8, 4) is 0 Å². The van der Waals surface area contributed by atoms with E-state index in [4.69, 9.17) is 0 Å². The van der Waals surface area contributed by atoms with E-state index in [2.05, 4.69) is 36.6 Å². The van der Waals surface area contributed by atoms with Crippen LogP contribution in [0.4, 0.5) is 0 Å². The van der Waals surface area contributed by atoms with E-state index in [-0.39, 0.29) is 0 Å². The van der Waals surface area contributed by atoms with E-state index < -0.39 is 0 Å². The smallest absolute Gasteiger partial charge is 0.293 e. The molecule has 11 heavy (non-hydrogen) atoms. The minimum absolute atomic E-state index is 0.346. The van der Waals surface area contributed by atoms with E-state index in [1.807, 2.05) is 6.07 Å². The summed E-state index contributed by atoms with van der Waals surface area (Å²) in [5.41, 5.74) is 0. The van der Waals surface area contributed by atoms with Gasteiger partial charge < -0.3 is 4.74 Å². The molecule has 0 atom stereocenters. The molecule has 1 heterocycles. The average molecular weight is 300 g/mol. The van der Waals surface area contributed by atoms with Crippen LogP contribution in [0.15, 0.2) is 14.3 Å². The molecule has 1 rings (SSSR count). The summed E-state index contributed by atoms with van der Waals surface area (Å²) in [5, 5.41) is 0. The lowest BCUT2D eigenvalue weighted by Crippen LogP contribution is -1.84. The number of hydrogen-bond acceptors (Lipinski definition) is 3. The van der Waals surface area contributed by atoms with Gasteiger partial charge in [-0.15, -0.1) is 11.3 Å².